The highest BCUT2D eigenvalue weighted by molar-refractivity contribution is 6.35. The summed E-state index contributed by atoms with van der Waals surface area (Å²) in [6.07, 6.45) is 2.37. The molecule has 0 atom stereocenters. The van der Waals surface area contributed by atoms with E-state index in [-0.39, 0.29) is 0 Å². The molecule has 130 valence electrons. The Bertz CT molecular complexity index is 642. The van der Waals surface area contributed by atoms with Gasteiger partial charge in [-0.2, -0.15) is 0 Å². The topological polar surface area (TPSA) is 30.5 Å². The first-order valence-electron chi connectivity index (χ1n) is 8.09. The van der Waals surface area contributed by atoms with Gasteiger partial charge in [0.05, 0.1) is 7.11 Å². The maximum Gasteiger partial charge on any atom is 0.161 e. The van der Waals surface area contributed by atoms with Gasteiger partial charge < -0.3 is 14.8 Å². The molecule has 0 saturated heterocycles. The number of unbranched alkanes of at least 4 members (excludes halogenated alkanes) is 1. The van der Waals surface area contributed by atoms with E-state index in [2.05, 4.69) is 12.2 Å². The summed E-state index contributed by atoms with van der Waals surface area (Å²) < 4.78 is 11.3. The zero-order chi connectivity index (χ0) is 17.4. The number of rotatable bonds is 9. The van der Waals surface area contributed by atoms with Crippen LogP contribution in [0.2, 0.25) is 10.0 Å². The van der Waals surface area contributed by atoms with E-state index in [0.717, 1.165) is 24.2 Å². The monoisotopic (exact) mass is 367 g/mol. The second kappa shape index (κ2) is 9.77. The maximum atomic E-state index is 6.17. The molecule has 0 aliphatic carbocycles. The van der Waals surface area contributed by atoms with E-state index in [1.807, 2.05) is 24.3 Å². The summed E-state index contributed by atoms with van der Waals surface area (Å²) in [5.41, 5.74) is 1.93. The van der Waals surface area contributed by atoms with E-state index in [4.69, 9.17) is 32.7 Å². The van der Waals surface area contributed by atoms with Crippen molar-refractivity contribution in [2.75, 3.05) is 13.7 Å². The average Bonchev–Trinajstić information content (AvgIpc) is 2.59. The van der Waals surface area contributed by atoms with Crippen molar-refractivity contribution in [2.45, 2.75) is 32.9 Å². The van der Waals surface area contributed by atoms with Crippen molar-refractivity contribution in [1.82, 2.24) is 5.32 Å². The number of benzene rings is 2. The molecule has 0 radical (unpaired) electrons. The molecule has 0 amide bonds. The van der Waals surface area contributed by atoms with Gasteiger partial charge in [-0.15, -0.1) is 0 Å². The average molecular weight is 368 g/mol. The molecular formula is C19H23Cl2NO2. The van der Waals surface area contributed by atoms with Crippen LogP contribution in [-0.2, 0) is 13.2 Å². The van der Waals surface area contributed by atoms with Gasteiger partial charge in [0, 0.05) is 22.2 Å². The van der Waals surface area contributed by atoms with Crippen LogP contribution in [0.3, 0.4) is 0 Å². The summed E-state index contributed by atoms with van der Waals surface area (Å²) in [5, 5.41) is 4.61. The summed E-state index contributed by atoms with van der Waals surface area (Å²) >= 11 is 12.3. The molecule has 2 rings (SSSR count). The fourth-order valence-corrected chi connectivity index (χ4v) is 2.80. The van der Waals surface area contributed by atoms with Crippen molar-refractivity contribution in [3.63, 3.8) is 0 Å². The SMILES string of the molecule is CCCCNCc1ccc(OCc2c(Cl)cccc2Cl)c(OC)c1. The zero-order valence-corrected chi connectivity index (χ0v) is 15.6. The Labute approximate surface area is 153 Å². The Morgan fingerprint density at radius 2 is 1.79 bits per heavy atom. The molecule has 5 heteroatoms. The van der Waals surface area contributed by atoms with Crippen molar-refractivity contribution in [3.05, 3.63) is 57.6 Å². The minimum absolute atomic E-state index is 0.295. The summed E-state index contributed by atoms with van der Waals surface area (Å²) in [6.45, 7) is 4.31. The van der Waals surface area contributed by atoms with Crippen LogP contribution in [0.25, 0.3) is 0 Å². The maximum absolute atomic E-state index is 6.17. The molecule has 1 N–H and O–H groups in total. The van der Waals surface area contributed by atoms with Gasteiger partial charge >= 0.3 is 0 Å². The van der Waals surface area contributed by atoms with E-state index in [1.54, 1.807) is 19.2 Å². The molecule has 0 bridgehead atoms. The number of halogens is 2. The molecule has 3 nitrogen and oxygen atoms in total. The fourth-order valence-electron chi connectivity index (χ4n) is 2.30. The Morgan fingerprint density at radius 1 is 1.04 bits per heavy atom. The molecule has 0 heterocycles. The second-order valence-electron chi connectivity index (χ2n) is 5.50. The quantitative estimate of drug-likeness (QED) is 0.596. The van der Waals surface area contributed by atoms with E-state index < -0.39 is 0 Å². The lowest BCUT2D eigenvalue weighted by atomic mass is 10.2. The van der Waals surface area contributed by atoms with Gasteiger partial charge in [-0.05, 0) is 42.8 Å². The van der Waals surface area contributed by atoms with Gasteiger partial charge in [0.2, 0.25) is 0 Å². The first kappa shape index (κ1) is 18.9. The second-order valence-corrected chi connectivity index (χ2v) is 6.32. The van der Waals surface area contributed by atoms with E-state index in [1.165, 1.54) is 12.8 Å². The molecule has 0 fully saturated rings. The van der Waals surface area contributed by atoms with E-state index in [0.29, 0.717) is 28.2 Å². The molecule has 2 aromatic carbocycles. The molecule has 2 aromatic rings. The van der Waals surface area contributed by atoms with Crippen molar-refractivity contribution in [3.8, 4) is 11.5 Å². The fraction of sp³-hybridized carbons (Fsp3) is 0.368. The van der Waals surface area contributed by atoms with Crippen LogP contribution in [-0.4, -0.2) is 13.7 Å². The molecular weight excluding hydrogens is 345 g/mol. The third kappa shape index (κ3) is 5.30. The first-order chi connectivity index (χ1) is 11.7. The van der Waals surface area contributed by atoms with Gasteiger partial charge in [0.15, 0.2) is 11.5 Å². The number of hydrogen-bond donors (Lipinski definition) is 1. The number of hydrogen-bond acceptors (Lipinski definition) is 3. The first-order valence-corrected chi connectivity index (χ1v) is 8.84. The van der Waals surface area contributed by atoms with Crippen molar-refractivity contribution >= 4 is 23.2 Å². The standard InChI is InChI=1S/C19H23Cl2NO2/c1-3-4-10-22-12-14-8-9-18(19(11-14)23-2)24-13-15-16(20)6-5-7-17(15)21/h5-9,11,22H,3-4,10,12-13H2,1-2H3. The number of methoxy groups -OCH3 is 1. The van der Waals surface area contributed by atoms with Crippen LogP contribution in [0.15, 0.2) is 36.4 Å². The normalized spacial score (nSPS) is 10.7. The Balaban J connectivity index is 2.02. The molecule has 0 aromatic heterocycles. The van der Waals surface area contributed by atoms with Crippen LogP contribution < -0.4 is 14.8 Å². The van der Waals surface area contributed by atoms with Crippen molar-refractivity contribution in [2.24, 2.45) is 0 Å². The predicted molar refractivity (Wildman–Crippen MR) is 100 cm³/mol. The number of nitrogens with one attached hydrogen (secondary N) is 1. The summed E-state index contributed by atoms with van der Waals surface area (Å²) in [6, 6.07) is 11.4. The van der Waals surface area contributed by atoms with Crippen molar-refractivity contribution in [1.29, 1.82) is 0 Å². The van der Waals surface area contributed by atoms with Crippen LogP contribution in [0, 0.1) is 0 Å². The van der Waals surface area contributed by atoms with Gasteiger partial charge in [0.25, 0.3) is 0 Å². The zero-order valence-electron chi connectivity index (χ0n) is 14.1. The molecule has 0 aliphatic rings. The van der Waals surface area contributed by atoms with Gasteiger partial charge in [-0.1, -0.05) is 48.7 Å². The van der Waals surface area contributed by atoms with E-state index >= 15 is 0 Å². The minimum atomic E-state index is 0.295. The van der Waals surface area contributed by atoms with Crippen LogP contribution in [0.4, 0.5) is 0 Å². The lowest BCUT2D eigenvalue weighted by Crippen LogP contribution is -2.14. The summed E-state index contributed by atoms with van der Waals surface area (Å²) in [5.74, 6) is 1.37. The largest absolute Gasteiger partial charge is 0.493 e. The molecule has 24 heavy (non-hydrogen) atoms. The Hall–Kier alpha value is -1.42. The van der Waals surface area contributed by atoms with Crippen LogP contribution in [0.5, 0.6) is 11.5 Å². The highest BCUT2D eigenvalue weighted by Gasteiger charge is 2.10. The Morgan fingerprint density at radius 3 is 2.46 bits per heavy atom. The minimum Gasteiger partial charge on any atom is -0.493 e. The highest BCUT2D eigenvalue weighted by Crippen LogP contribution is 2.31. The third-order valence-corrected chi connectivity index (χ3v) is 4.41. The van der Waals surface area contributed by atoms with Crippen molar-refractivity contribution < 1.29 is 9.47 Å². The third-order valence-electron chi connectivity index (χ3n) is 3.70. The molecule has 0 unspecified atom stereocenters. The van der Waals surface area contributed by atoms with E-state index in [9.17, 15) is 0 Å². The van der Waals surface area contributed by atoms with Gasteiger partial charge in [-0.25, -0.2) is 0 Å². The Kier molecular flexibility index (Phi) is 7.70. The highest BCUT2D eigenvalue weighted by atomic mass is 35.5. The predicted octanol–water partition coefficient (Wildman–Crippen LogP) is 5.47. The molecule has 0 aliphatic heterocycles. The summed E-state index contributed by atoms with van der Waals surface area (Å²) in [4.78, 5) is 0. The lowest BCUT2D eigenvalue weighted by Gasteiger charge is -2.14. The smallest absolute Gasteiger partial charge is 0.161 e. The summed E-state index contributed by atoms with van der Waals surface area (Å²) in [7, 11) is 1.64. The molecule has 0 spiro atoms. The molecule has 0 saturated carbocycles. The van der Waals surface area contributed by atoms with Gasteiger partial charge in [-0.3, -0.25) is 0 Å². The van der Waals surface area contributed by atoms with Crippen LogP contribution in [0.1, 0.15) is 30.9 Å². The lowest BCUT2D eigenvalue weighted by molar-refractivity contribution is 0.284. The van der Waals surface area contributed by atoms with Gasteiger partial charge in [0.1, 0.15) is 6.61 Å². The van der Waals surface area contributed by atoms with Crippen LogP contribution >= 0.6 is 23.2 Å². The number of ether oxygens (including phenoxy) is 2.